The first-order valence-corrected chi connectivity index (χ1v) is 9.91. The normalized spacial score (nSPS) is 20.4. The van der Waals surface area contributed by atoms with E-state index in [1.807, 2.05) is 0 Å². The minimum Gasteiger partial charge on any atom is -0.461 e. The number of aliphatic hydroxyl groups is 3. The van der Waals surface area contributed by atoms with E-state index in [0.717, 1.165) is 25.7 Å². The van der Waals surface area contributed by atoms with Crippen molar-refractivity contribution >= 4 is 5.97 Å². The van der Waals surface area contributed by atoms with Crippen LogP contribution in [0.15, 0.2) is 0 Å². The van der Waals surface area contributed by atoms with Crippen LogP contribution in [-0.2, 0) is 14.3 Å². The Morgan fingerprint density at radius 2 is 1.40 bits per heavy atom. The van der Waals surface area contributed by atoms with Crippen LogP contribution in [0.25, 0.3) is 0 Å². The monoisotopic (exact) mass is 360 g/mol. The largest absolute Gasteiger partial charge is 0.461 e. The lowest BCUT2D eigenvalue weighted by atomic mass is 10.0. The number of hydrogen-bond acceptors (Lipinski definition) is 6. The summed E-state index contributed by atoms with van der Waals surface area (Å²) in [4.78, 5) is 11.6. The fraction of sp³-hybridized carbons (Fsp3) is 0.947. The van der Waals surface area contributed by atoms with Crippen molar-refractivity contribution in [1.82, 2.24) is 0 Å². The zero-order valence-corrected chi connectivity index (χ0v) is 15.4. The van der Waals surface area contributed by atoms with Gasteiger partial charge in [-0.25, -0.2) is 4.79 Å². The zero-order valence-electron chi connectivity index (χ0n) is 15.4. The number of unbranched alkanes of at least 4 members (excludes halogenated alkanes) is 10. The molecular weight excluding hydrogens is 324 g/mol. The molecule has 1 fully saturated rings. The first-order chi connectivity index (χ1) is 12.2. The number of rotatable bonds is 17. The van der Waals surface area contributed by atoms with E-state index >= 15 is 0 Å². The van der Waals surface area contributed by atoms with Gasteiger partial charge in [0.05, 0.1) is 12.7 Å². The molecule has 0 radical (unpaired) electrons. The molecule has 1 saturated heterocycles. The Morgan fingerprint density at radius 1 is 0.880 bits per heavy atom. The number of carbonyl (C=O) groups is 1. The number of esters is 1. The highest BCUT2D eigenvalue weighted by Crippen LogP contribution is 2.28. The molecule has 3 atom stereocenters. The summed E-state index contributed by atoms with van der Waals surface area (Å²) in [7, 11) is 0. The molecule has 0 aromatic rings. The van der Waals surface area contributed by atoms with Crippen molar-refractivity contribution in [3.05, 3.63) is 0 Å². The van der Waals surface area contributed by atoms with Gasteiger partial charge in [0.2, 0.25) is 0 Å². The third kappa shape index (κ3) is 11.5. The molecule has 0 aromatic carbocycles. The molecule has 6 heteroatoms. The Hall–Kier alpha value is -0.690. The highest BCUT2D eigenvalue weighted by atomic mass is 16.6. The fourth-order valence-corrected chi connectivity index (χ4v) is 2.93. The molecule has 0 bridgehead atoms. The summed E-state index contributed by atoms with van der Waals surface area (Å²) >= 11 is 0. The van der Waals surface area contributed by atoms with E-state index in [9.17, 15) is 4.79 Å². The van der Waals surface area contributed by atoms with Crippen molar-refractivity contribution in [3.63, 3.8) is 0 Å². The molecule has 6 nitrogen and oxygen atoms in total. The van der Waals surface area contributed by atoms with Gasteiger partial charge < -0.3 is 24.8 Å². The van der Waals surface area contributed by atoms with Gasteiger partial charge in [0, 0.05) is 6.61 Å². The maximum Gasteiger partial charge on any atom is 0.338 e. The maximum absolute atomic E-state index is 11.6. The second-order valence-electron chi connectivity index (χ2n) is 6.96. The van der Waals surface area contributed by atoms with Gasteiger partial charge >= 0.3 is 5.97 Å². The third-order valence-corrected chi connectivity index (χ3v) is 4.59. The van der Waals surface area contributed by atoms with Crippen molar-refractivity contribution < 1.29 is 29.6 Å². The van der Waals surface area contributed by atoms with Crippen LogP contribution < -0.4 is 0 Å². The topological polar surface area (TPSA) is 99.5 Å². The van der Waals surface area contributed by atoms with Crippen molar-refractivity contribution in [1.29, 1.82) is 0 Å². The van der Waals surface area contributed by atoms with E-state index in [0.29, 0.717) is 6.61 Å². The summed E-state index contributed by atoms with van der Waals surface area (Å²) in [5, 5.41) is 26.5. The average molecular weight is 360 g/mol. The van der Waals surface area contributed by atoms with Gasteiger partial charge in [0.25, 0.3) is 0 Å². The second kappa shape index (κ2) is 14.5. The van der Waals surface area contributed by atoms with Crippen molar-refractivity contribution in [2.24, 2.45) is 0 Å². The number of carbonyl (C=O) groups excluding carboxylic acids is 1. The lowest BCUT2D eigenvalue weighted by Crippen LogP contribution is -2.24. The Morgan fingerprint density at radius 3 is 1.92 bits per heavy atom. The SMILES string of the molecule is O=C(OCC(O)CO)C1OC1CCCCCCCCCCCCCO. The van der Waals surface area contributed by atoms with Gasteiger partial charge in [-0.3, -0.25) is 0 Å². The predicted molar refractivity (Wildman–Crippen MR) is 95.2 cm³/mol. The fourth-order valence-electron chi connectivity index (χ4n) is 2.93. The molecule has 1 rings (SSSR count). The third-order valence-electron chi connectivity index (χ3n) is 4.59. The molecule has 0 spiro atoms. The molecule has 3 N–H and O–H groups in total. The second-order valence-corrected chi connectivity index (χ2v) is 6.96. The van der Waals surface area contributed by atoms with Crippen molar-refractivity contribution in [2.45, 2.75) is 95.4 Å². The Bertz CT molecular complexity index is 336. The first-order valence-electron chi connectivity index (χ1n) is 9.91. The van der Waals surface area contributed by atoms with E-state index in [1.165, 1.54) is 51.4 Å². The quantitative estimate of drug-likeness (QED) is 0.209. The summed E-state index contributed by atoms with van der Waals surface area (Å²) in [5.41, 5.74) is 0. The predicted octanol–water partition coefficient (Wildman–Crippen LogP) is 2.32. The minimum atomic E-state index is -1.01. The van der Waals surface area contributed by atoms with E-state index in [-0.39, 0.29) is 12.7 Å². The van der Waals surface area contributed by atoms with E-state index in [2.05, 4.69) is 0 Å². The average Bonchev–Trinajstić information content (AvgIpc) is 3.40. The minimum absolute atomic E-state index is 0.0299. The Kier molecular flexibility index (Phi) is 12.9. The van der Waals surface area contributed by atoms with Gasteiger partial charge in [-0.1, -0.05) is 64.2 Å². The lowest BCUT2D eigenvalue weighted by Gasteiger charge is -2.06. The Balaban J connectivity index is 1.81. The van der Waals surface area contributed by atoms with E-state index < -0.39 is 24.8 Å². The first kappa shape index (κ1) is 22.4. The summed E-state index contributed by atoms with van der Waals surface area (Å²) in [6.45, 7) is -0.268. The number of ether oxygens (including phenoxy) is 2. The van der Waals surface area contributed by atoms with Crippen LogP contribution in [0.2, 0.25) is 0 Å². The highest BCUT2D eigenvalue weighted by Gasteiger charge is 2.45. The van der Waals surface area contributed by atoms with Crippen LogP contribution in [0.1, 0.15) is 77.0 Å². The molecule has 148 valence electrons. The van der Waals surface area contributed by atoms with Crippen LogP contribution in [-0.4, -0.2) is 59.4 Å². The molecule has 1 heterocycles. The molecular formula is C19H36O6. The van der Waals surface area contributed by atoms with Crippen LogP contribution in [0.3, 0.4) is 0 Å². The van der Waals surface area contributed by atoms with Crippen molar-refractivity contribution in [3.8, 4) is 0 Å². The highest BCUT2D eigenvalue weighted by molar-refractivity contribution is 5.77. The Labute approximate surface area is 151 Å². The molecule has 0 saturated carbocycles. The van der Waals surface area contributed by atoms with Gasteiger partial charge in [-0.05, 0) is 12.8 Å². The number of aliphatic hydroxyl groups excluding tert-OH is 3. The summed E-state index contributed by atoms with van der Waals surface area (Å²) in [6.07, 6.45) is 12.6. The zero-order chi connectivity index (χ0) is 18.3. The van der Waals surface area contributed by atoms with Crippen molar-refractivity contribution in [2.75, 3.05) is 19.8 Å². The van der Waals surface area contributed by atoms with Gasteiger partial charge in [-0.2, -0.15) is 0 Å². The van der Waals surface area contributed by atoms with Crippen LogP contribution in [0.4, 0.5) is 0 Å². The molecule has 3 unspecified atom stereocenters. The van der Waals surface area contributed by atoms with Gasteiger partial charge in [-0.15, -0.1) is 0 Å². The standard InChI is InChI=1S/C19H36O6/c20-13-11-9-7-5-3-1-2-4-6-8-10-12-17-18(25-17)19(23)24-15-16(22)14-21/h16-18,20-22H,1-15H2. The summed E-state index contributed by atoms with van der Waals surface area (Å²) in [6, 6.07) is 0. The van der Waals surface area contributed by atoms with E-state index in [1.54, 1.807) is 0 Å². The van der Waals surface area contributed by atoms with Gasteiger partial charge in [0.1, 0.15) is 12.7 Å². The molecule has 0 amide bonds. The smallest absolute Gasteiger partial charge is 0.338 e. The van der Waals surface area contributed by atoms with Crippen LogP contribution in [0.5, 0.6) is 0 Å². The maximum atomic E-state index is 11.6. The number of hydrogen-bond donors (Lipinski definition) is 3. The lowest BCUT2D eigenvalue weighted by molar-refractivity contribution is -0.148. The van der Waals surface area contributed by atoms with Crippen LogP contribution >= 0.6 is 0 Å². The number of epoxide rings is 1. The molecule has 1 aliphatic rings. The molecule has 1 aliphatic heterocycles. The molecule has 25 heavy (non-hydrogen) atoms. The summed E-state index contributed by atoms with van der Waals surface area (Å²) < 4.78 is 10.2. The summed E-state index contributed by atoms with van der Waals surface area (Å²) in [5.74, 6) is -0.434. The van der Waals surface area contributed by atoms with E-state index in [4.69, 9.17) is 24.8 Å². The molecule has 0 aromatic heterocycles. The van der Waals surface area contributed by atoms with Crippen LogP contribution in [0, 0.1) is 0 Å². The molecule has 0 aliphatic carbocycles. The van der Waals surface area contributed by atoms with Gasteiger partial charge in [0.15, 0.2) is 6.10 Å².